The van der Waals surface area contributed by atoms with Crippen LogP contribution in [0.3, 0.4) is 0 Å². The number of fused-ring (bicyclic) bond motifs is 2. The van der Waals surface area contributed by atoms with Crippen LogP contribution in [0.5, 0.6) is 0 Å². The molecule has 0 atom stereocenters. The van der Waals surface area contributed by atoms with Gasteiger partial charge in [-0.15, -0.1) is 23.6 Å². The number of nitrogens with zero attached hydrogens (tertiary/aromatic N) is 2. The summed E-state index contributed by atoms with van der Waals surface area (Å²) in [4.78, 5) is 4.36. The van der Waals surface area contributed by atoms with E-state index >= 15 is 0 Å². The molecule has 16 heavy (non-hydrogen) atoms. The Morgan fingerprint density at radius 3 is 2.94 bits per heavy atom. The first-order valence-corrected chi connectivity index (χ1v) is 4.92. The maximum atomic E-state index is 4.36. The molecule has 0 fully saturated rings. The fourth-order valence-electron chi connectivity index (χ4n) is 2.27. The molecule has 3 heteroatoms. The first-order chi connectivity index (χ1) is 7.43. The van der Waals surface area contributed by atoms with E-state index in [0.29, 0.717) is 0 Å². The van der Waals surface area contributed by atoms with Gasteiger partial charge in [0.05, 0.1) is 5.65 Å². The molecule has 0 aliphatic carbocycles. The summed E-state index contributed by atoms with van der Waals surface area (Å²) in [6.07, 6.45) is 5.91. The van der Waals surface area contributed by atoms with E-state index in [9.17, 15) is 0 Å². The number of hydrogen-bond donors (Lipinski definition) is 0. The summed E-state index contributed by atoms with van der Waals surface area (Å²) in [6, 6.07) is 11.6. The van der Waals surface area contributed by atoms with Crippen LogP contribution in [0.1, 0.15) is 0 Å². The molecule has 0 saturated carbocycles. The standard InChI is InChI=1S/C13H7N2.Pt/c1-2-9-4-5-10-8-15-7-6-14-13(15)11(3-1)12(9)10;/h1-2,4-8H;/q-1;. The predicted octanol–water partition coefficient (Wildman–Crippen LogP) is 2.88. The van der Waals surface area contributed by atoms with Gasteiger partial charge in [-0.25, -0.2) is 0 Å². The first kappa shape index (κ1) is 9.80. The van der Waals surface area contributed by atoms with Crippen molar-refractivity contribution in [3.05, 3.63) is 48.9 Å². The molecule has 4 rings (SSSR count). The largest absolute Gasteiger partial charge is 0.347 e. The number of hydrogen-bond acceptors (Lipinski definition) is 1. The summed E-state index contributed by atoms with van der Waals surface area (Å²) in [6.45, 7) is 0. The second-order valence-corrected chi connectivity index (χ2v) is 3.76. The molecule has 0 unspecified atom stereocenters. The maximum absolute atomic E-state index is 4.36. The minimum Gasteiger partial charge on any atom is -0.347 e. The molecule has 80 valence electrons. The third kappa shape index (κ3) is 1.08. The van der Waals surface area contributed by atoms with Gasteiger partial charge in [0, 0.05) is 33.5 Å². The normalized spacial score (nSPS) is 11.2. The molecular formula is C13H7N2Pt-. The van der Waals surface area contributed by atoms with E-state index in [1.165, 1.54) is 16.2 Å². The number of pyridine rings is 1. The summed E-state index contributed by atoms with van der Waals surface area (Å²) < 4.78 is 2.05. The molecule has 0 bridgehead atoms. The van der Waals surface area contributed by atoms with Gasteiger partial charge in [0.15, 0.2) is 0 Å². The summed E-state index contributed by atoms with van der Waals surface area (Å²) in [5.74, 6) is 0. The fraction of sp³-hybridized carbons (Fsp3) is 0. The topological polar surface area (TPSA) is 17.3 Å². The van der Waals surface area contributed by atoms with E-state index in [4.69, 9.17) is 0 Å². The van der Waals surface area contributed by atoms with E-state index in [1.54, 1.807) is 0 Å². The Bertz CT molecular complexity index is 773. The average Bonchev–Trinajstić information content (AvgIpc) is 2.87. The van der Waals surface area contributed by atoms with E-state index in [2.05, 4.69) is 35.4 Å². The van der Waals surface area contributed by atoms with E-state index in [0.717, 1.165) is 11.0 Å². The molecule has 0 amide bonds. The Hall–Kier alpha value is -1.40. The van der Waals surface area contributed by atoms with Crippen LogP contribution < -0.4 is 0 Å². The Balaban J connectivity index is 0.000000810. The van der Waals surface area contributed by atoms with Crippen molar-refractivity contribution in [2.45, 2.75) is 0 Å². The van der Waals surface area contributed by atoms with E-state index in [1.807, 2.05) is 22.9 Å². The molecule has 2 aromatic carbocycles. The predicted molar refractivity (Wildman–Crippen MR) is 60.2 cm³/mol. The van der Waals surface area contributed by atoms with Gasteiger partial charge >= 0.3 is 0 Å². The van der Waals surface area contributed by atoms with Crippen LogP contribution in [0.15, 0.2) is 42.9 Å². The molecule has 0 N–H and O–H groups in total. The minimum absolute atomic E-state index is 0. The molecule has 0 saturated heterocycles. The zero-order valence-corrected chi connectivity index (χ0v) is 10.5. The molecule has 0 spiro atoms. The van der Waals surface area contributed by atoms with Crippen LogP contribution in [0.25, 0.3) is 27.2 Å². The zero-order valence-electron chi connectivity index (χ0n) is 8.25. The Kier molecular flexibility index (Phi) is 2.02. The van der Waals surface area contributed by atoms with Gasteiger partial charge in [0.2, 0.25) is 0 Å². The number of aromatic nitrogens is 2. The van der Waals surface area contributed by atoms with Crippen LogP contribution in [-0.4, -0.2) is 9.38 Å². The van der Waals surface area contributed by atoms with E-state index in [-0.39, 0.29) is 21.1 Å². The van der Waals surface area contributed by atoms with Gasteiger partial charge in [-0.05, 0) is 11.6 Å². The number of imidazole rings is 1. The minimum atomic E-state index is 0. The van der Waals surface area contributed by atoms with Gasteiger partial charge in [-0.1, -0.05) is 22.9 Å². The van der Waals surface area contributed by atoms with Crippen molar-refractivity contribution in [2.75, 3.05) is 0 Å². The molecule has 2 aromatic heterocycles. The van der Waals surface area contributed by atoms with Crippen molar-refractivity contribution in [3.63, 3.8) is 0 Å². The average molecular weight is 386 g/mol. The van der Waals surface area contributed by atoms with Gasteiger partial charge in [-0.3, -0.25) is 4.98 Å². The monoisotopic (exact) mass is 386 g/mol. The third-order valence-electron chi connectivity index (χ3n) is 2.93. The molecular weight excluding hydrogens is 379 g/mol. The molecule has 4 aromatic rings. The summed E-state index contributed by atoms with van der Waals surface area (Å²) in [5, 5.41) is 4.91. The number of benzene rings is 1. The molecule has 2 heterocycles. The maximum Gasteiger partial charge on any atom is 0.0604 e. The fourth-order valence-corrected chi connectivity index (χ4v) is 2.27. The van der Waals surface area contributed by atoms with Crippen molar-refractivity contribution < 1.29 is 21.1 Å². The van der Waals surface area contributed by atoms with Crippen LogP contribution in [0.4, 0.5) is 0 Å². The van der Waals surface area contributed by atoms with Gasteiger partial charge in [0.25, 0.3) is 0 Å². The van der Waals surface area contributed by atoms with Crippen molar-refractivity contribution in [1.82, 2.24) is 9.38 Å². The summed E-state index contributed by atoms with van der Waals surface area (Å²) in [5.41, 5.74) is 0.985. The van der Waals surface area contributed by atoms with Crippen LogP contribution >= 0.6 is 0 Å². The molecule has 0 radical (unpaired) electrons. The molecule has 0 aliphatic rings. The van der Waals surface area contributed by atoms with Crippen molar-refractivity contribution in [2.24, 2.45) is 0 Å². The Morgan fingerprint density at radius 1 is 1.12 bits per heavy atom. The smallest absolute Gasteiger partial charge is 0.0604 e. The molecule has 2 nitrogen and oxygen atoms in total. The van der Waals surface area contributed by atoms with Gasteiger partial charge in [0.1, 0.15) is 0 Å². The zero-order chi connectivity index (χ0) is 9.83. The van der Waals surface area contributed by atoms with Gasteiger partial charge < -0.3 is 4.40 Å². The van der Waals surface area contributed by atoms with Crippen LogP contribution in [-0.2, 0) is 21.1 Å². The Morgan fingerprint density at radius 2 is 2.00 bits per heavy atom. The van der Waals surface area contributed by atoms with Crippen LogP contribution in [0.2, 0.25) is 0 Å². The van der Waals surface area contributed by atoms with Crippen LogP contribution in [0, 0.1) is 6.07 Å². The van der Waals surface area contributed by atoms with Crippen molar-refractivity contribution >= 4 is 27.2 Å². The van der Waals surface area contributed by atoms with Crippen molar-refractivity contribution in [3.8, 4) is 0 Å². The second kappa shape index (κ2) is 3.29. The van der Waals surface area contributed by atoms with E-state index < -0.39 is 0 Å². The quantitative estimate of drug-likeness (QED) is 0.425. The molecule has 0 aliphatic heterocycles. The third-order valence-corrected chi connectivity index (χ3v) is 2.93. The Labute approximate surface area is 106 Å². The SMILES string of the molecule is [Pt].[c-]1ccc2ccc3cn4ccnc4c1c23. The number of rotatable bonds is 0. The summed E-state index contributed by atoms with van der Waals surface area (Å²) in [7, 11) is 0. The van der Waals surface area contributed by atoms with Gasteiger partial charge in [-0.2, -0.15) is 0 Å². The first-order valence-electron chi connectivity index (χ1n) is 4.92. The second-order valence-electron chi connectivity index (χ2n) is 3.76. The van der Waals surface area contributed by atoms with Crippen molar-refractivity contribution in [1.29, 1.82) is 0 Å². The summed E-state index contributed by atoms with van der Waals surface area (Å²) >= 11 is 0.